The van der Waals surface area contributed by atoms with Gasteiger partial charge < -0.3 is 26.8 Å². The minimum absolute atomic E-state index is 0.0898. The molecule has 31 heavy (non-hydrogen) atoms. The molecule has 0 spiro atoms. The lowest BCUT2D eigenvalue weighted by molar-refractivity contribution is -0.124. The van der Waals surface area contributed by atoms with Gasteiger partial charge in [0.25, 0.3) is 5.91 Å². The number of carbonyl (C=O) groups excluding carboxylic acids is 2. The van der Waals surface area contributed by atoms with Crippen LogP contribution in [-0.4, -0.2) is 48.0 Å². The highest BCUT2D eigenvalue weighted by molar-refractivity contribution is 6.17. The Balaban J connectivity index is 1.69. The number of hydrogen-bond donors (Lipinski definition) is 4. The second-order valence-corrected chi connectivity index (χ2v) is 8.39. The molecule has 0 saturated heterocycles. The molecule has 0 aromatic heterocycles. The van der Waals surface area contributed by atoms with Crippen molar-refractivity contribution in [3.8, 4) is 0 Å². The lowest BCUT2D eigenvalue weighted by atomic mass is 9.91. The van der Waals surface area contributed by atoms with E-state index in [1.807, 2.05) is 0 Å². The molecule has 0 aromatic carbocycles. The van der Waals surface area contributed by atoms with Crippen molar-refractivity contribution in [2.45, 2.75) is 75.9 Å². The van der Waals surface area contributed by atoms with Gasteiger partial charge >= 0.3 is 6.09 Å². The zero-order valence-corrected chi connectivity index (χ0v) is 18.2. The molecule has 0 radical (unpaired) electrons. The minimum Gasteiger partial charge on any atom is -0.453 e. The predicted molar refractivity (Wildman–Crippen MR) is 120 cm³/mol. The van der Waals surface area contributed by atoms with Crippen molar-refractivity contribution in [1.82, 2.24) is 15.5 Å². The van der Waals surface area contributed by atoms with E-state index in [9.17, 15) is 9.59 Å². The largest absolute Gasteiger partial charge is 0.453 e. The topological polar surface area (TPSA) is 135 Å². The maximum absolute atomic E-state index is 12.8. The van der Waals surface area contributed by atoms with Crippen LogP contribution >= 0.6 is 0 Å². The van der Waals surface area contributed by atoms with Crippen LogP contribution in [0.3, 0.4) is 0 Å². The average molecular weight is 431 g/mol. The molecule has 9 nitrogen and oxygen atoms in total. The van der Waals surface area contributed by atoms with Gasteiger partial charge in [-0.2, -0.15) is 0 Å². The normalized spacial score (nSPS) is 27.7. The first-order valence-corrected chi connectivity index (χ1v) is 11.0. The Morgan fingerprint density at radius 1 is 1.16 bits per heavy atom. The van der Waals surface area contributed by atoms with Crippen LogP contribution in [0.5, 0.6) is 0 Å². The molecule has 0 bridgehead atoms. The Hall–Kier alpha value is -2.97. The summed E-state index contributed by atoms with van der Waals surface area (Å²) in [5, 5.41) is 6.21. The molecule has 2 fully saturated rings. The van der Waals surface area contributed by atoms with Crippen LogP contribution in [-0.2, 0) is 9.53 Å². The maximum Gasteiger partial charge on any atom is 0.407 e. The molecule has 6 N–H and O–H groups in total. The smallest absolute Gasteiger partial charge is 0.407 e. The van der Waals surface area contributed by atoms with Crippen LogP contribution in [0.2, 0.25) is 0 Å². The van der Waals surface area contributed by atoms with E-state index in [2.05, 4.69) is 26.9 Å². The van der Waals surface area contributed by atoms with Crippen LogP contribution in [0, 0.1) is 0 Å². The SMILES string of the molecule is C=C(/N=C1\C(=C/N)C(N)=CC(=O)N1C1CCCCC1)N[C@H]1CC[C@H](NC(=O)OC)CC1. The van der Waals surface area contributed by atoms with Gasteiger partial charge in [0, 0.05) is 36.1 Å². The number of nitrogens with two attached hydrogens (primary N) is 2. The van der Waals surface area contributed by atoms with Crippen LogP contribution < -0.4 is 22.1 Å². The van der Waals surface area contributed by atoms with E-state index < -0.39 is 6.09 Å². The summed E-state index contributed by atoms with van der Waals surface area (Å²) in [6.45, 7) is 4.07. The van der Waals surface area contributed by atoms with Crippen molar-refractivity contribution in [3.05, 3.63) is 35.9 Å². The lowest BCUT2D eigenvalue weighted by Gasteiger charge is -2.37. The van der Waals surface area contributed by atoms with Crippen LogP contribution in [0.1, 0.15) is 57.8 Å². The number of rotatable bonds is 5. The lowest BCUT2D eigenvalue weighted by Crippen LogP contribution is -2.49. The number of amides is 2. The van der Waals surface area contributed by atoms with Gasteiger partial charge in [0.1, 0.15) is 11.7 Å². The van der Waals surface area contributed by atoms with Crippen molar-refractivity contribution in [2.24, 2.45) is 16.5 Å². The third-order valence-corrected chi connectivity index (χ3v) is 6.25. The first-order valence-electron chi connectivity index (χ1n) is 11.0. The molecule has 0 aromatic rings. The summed E-state index contributed by atoms with van der Waals surface area (Å²) in [6, 6.07) is 0.389. The fourth-order valence-electron chi connectivity index (χ4n) is 4.62. The second-order valence-electron chi connectivity index (χ2n) is 8.39. The standard InChI is InChI=1S/C22H34N6O3/c1-14(25-15-8-10-16(11-9-15)27-22(30)31-2)26-21-18(13-23)19(24)12-20(29)28(21)17-6-4-3-5-7-17/h12-13,15-17,25H,1,3-11,23-24H2,2H3,(H,27,30)/b18-13-,26-21+/t15-,16-. The highest BCUT2D eigenvalue weighted by Crippen LogP contribution is 2.28. The Labute approximate surface area is 183 Å². The summed E-state index contributed by atoms with van der Waals surface area (Å²) >= 11 is 0. The van der Waals surface area contributed by atoms with Gasteiger partial charge in [0.05, 0.1) is 12.7 Å². The molecule has 9 heteroatoms. The van der Waals surface area contributed by atoms with Crippen LogP contribution in [0.25, 0.3) is 0 Å². The minimum atomic E-state index is -0.399. The van der Waals surface area contributed by atoms with E-state index in [0.717, 1.165) is 51.4 Å². The Morgan fingerprint density at radius 3 is 2.35 bits per heavy atom. The van der Waals surface area contributed by atoms with E-state index in [-0.39, 0.29) is 24.0 Å². The van der Waals surface area contributed by atoms with Crippen molar-refractivity contribution < 1.29 is 14.3 Å². The first kappa shape index (κ1) is 22.7. The number of hydrogen-bond acceptors (Lipinski definition) is 7. The highest BCUT2D eigenvalue weighted by Gasteiger charge is 2.34. The number of nitrogens with one attached hydrogen (secondary N) is 2. The Morgan fingerprint density at radius 2 is 1.77 bits per heavy atom. The van der Waals surface area contributed by atoms with E-state index in [0.29, 0.717) is 22.9 Å². The highest BCUT2D eigenvalue weighted by atomic mass is 16.5. The summed E-state index contributed by atoms with van der Waals surface area (Å²) in [5.41, 5.74) is 12.8. The van der Waals surface area contributed by atoms with Gasteiger partial charge in [-0.25, -0.2) is 9.79 Å². The predicted octanol–water partition coefficient (Wildman–Crippen LogP) is 1.97. The maximum atomic E-state index is 12.8. The van der Waals surface area contributed by atoms with Crippen molar-refractivity contribution >= 4 is 17.8 Å². The number of nitrogens with zero attached hydrogens (tertiary/aromatic N) is 2. The summed E-state index contributed by atoms with van der Waals surface area (Å²) < 4.78 is 4.67. The zero-order chi connectivity index (χ0) is 22.4. The average Bonchev–Trinajstić information content (AvgIpc) is 2.75. The molecule has 1 heterocycles. The molecule has 1 aliphatic heterocycles. The fourth-order valence-corrected chi connectivity index (χ4v) is 4.62. The van der Waals surface area contributed by atoms with Gasteiger partial charge in [0.2, 0.25) is 0 Å². The van der Waals surface area contributed by atoms with Gasteiger partial charge in [0.15, 0.2) is 0 Å². The van der Waals surface area contributed by atoms with E-state index >= 15 is 0 Å². The molecule has 170 valence electrons. The van der Waals surface area contributed by atoms with Gasteiger partial charge in [-0.3, -0.25) is 9.69 Å². The summed E-state index contributed by atoms with van der Waals surface area (Å²) in [6.07, 6.45) is 11.1. The molecule has 0 unspecified atom stereocenters. The molecule has 2 aliphatic carbocycles. The molecule has 3 rings (SSSR count). The van der Waals surface area contributed by atoms with E-state index in [1.165, 1.54) is 25.8 Å². The quantitative estimate of drug-likeness (QED) is 0.527. The number of amidine groups is 1. The number of carbonyl (C=O) groups is 2. The van der Waals surface area contributed by atoms with Crippen LogP contribution in [0.15, 0.2) is 40.9 Å². The van der Waals surface area contributed by atoms with E-state index in [1.54, 1.807) is 4.90 Å². The van der Waals surface area contributed by atoms with Crippen molar-refractivity contribution in [1.29, 1.82) is 0 Å². The van der Waals surface area contributed by atoms with Gasteiger partial charge in [-0.15, -0.1) is 0 Å². The van der Waals surface area contributed by atoms with Crippen molar-refractivity contribution in [3.63, 3.8) is 0 Å². The van der Waals surface area contributed by atoms with Gasteiger partial charge in [-0.05, 0) is 38.5 Å². The number of methoxy groups -OCH3 is 1. The summed E-state index contributed by atoms with van der Waals surface area (Å²) in [4.78, 5) is 30.6. The fraction of sp³-hybridized carbons (Fsp3) is 0.591. The molecule has 0 atom stereocenters. The third-order valence-electron chi connectivity index (χ3n) is 6.25. The summed E-state index contributed by atoms with van der Waals surface area (Å²) in [7, 11) is 1.37. The Bertz CT molecular complexity index is 789. The van der Waals surface area contributed by atoms with Crippen LogP contribution in [0.4, 0.5) is 4.79 Å². The zero-order valence-electron chi connectivity index (χ0n) is 18.2. The molecular formula is C22H34N6O3. The summed E-state index contributed by atoms with van der Waals surface area (Å²) in [5.74, 6) is 0.788. The third kappa shape index (κ3) is 5.59. The first-order chi connectivity index (χ1) is 14.9. The Kier molecular flexibility index (Phi) is 7.59. The number of ether oxygens (including phenoxy) is 1. The number of alkyl carbamates (subject to hydrolysis) is 1. The van der Waals surface area contributed by atoms with Gasteiger partial charge in [-0.1, -0.05) is 25.8 Å². The molecule has 3 aliphatic rings. The monoisotopic (exact) mass is 430 g/mol. The van der Waals surface area contributed by atoms with Crippen molar-refractivity contribution in [2.75, 3.05) is 7.11 Å². The van der Waals surface area contributed by atoms with E-state index in [4.69, 9.17) is 11.5 Å². The molecule has 2 saturated carbocycles. The molecule has 2 amide bonds. The molecular weight excluding hydrogens is 396 g/mol. The number of aliphatic imine (C=N–C) groups is 1. The second kappa shape index (κ2) is 10.4.